The molecule has 5 heteroatoms. The lowest BCUT2D eigenvalue weighted by atomic mass is 10.1. The zero-order valence-corrected chi connectivity index (χ0v) is 9.58. The van der Waals surface area contributed by atoms with Crippen molar-refractivity contribution in [2.24, 2.45) is 11.5 Å². The molecule has 0 saturated carbocycles. The molecule has 0 aromatic carbocycles. The molecular weight excluding hydrogens is 196 g/mol. The molecule has 0 unspecified atom stereocenters. The summed E-state index contributed by atoms with van der Waals surface area (Å²) in [5, 5.41) is 11.5. The van der Waals surface area contributed by atoms with Crippen molar-refractivity contribution >= 4 is 0 Å². The normalized spacial score (nSPS) is 12.0. The average Bonchev–Trinajstić information content (AvgIpc) is 2.16. The van der Waals surface area contributed by atoms with Crippen LogP contribution in [0.25, 0.3) is 0 Å². The highest BCUT2D eigenvalue weighted by Crippen LogP contribution is 2.12. The van der Waals surface area contributed by atoms with Crippen molar-refractivity contribution < 1.29 is 15.2 Å². The van der Waals surface area contributed by atoms with Crippen LogP contribution in [0, 0.1) is 0 Å². The minimum Gasteiger partial charge on any atom is -0.288 e. The van der Waals surface area contributed by atoms with E-state index in [4.69, 9.17) is 16.7 Å². The number of nitrogens with two attached hydrogens (primary N) is 2. The lowest BCUT2D eigenvalue weighted by molar-refractivity contribution is -0.525. The van der Waals surface area contributed by atoms with Crippen molar-refractivity contribution in [1.29, 1.82) is 0 Å². The molecule has 0 saturated heterocycles. The van der Waals surface area contributed by atoms with E-state index in [1.54, 1.807) is 0 Å². The summed E-state index contributed by atoms with van der Waals surface area (Å²) in [6, 6.07) is 0. The van der Waals surface area contributed by atoms with E-state index < -0.39 is 5.85 Å². The van der Waals surface area contributed by atoms with Crippen molar-refractivity contribution in [2.75, 3.05) is 0 Å². The Kier molecular flexibility index (Phi) is 8.94. The predicted octanol–water partition coefficient (Wildman–Crippen LogP) is 2.12. The van der Waals surface area contributed by atoms with Gasteiger partial charge in [-0.2, -0.15) is 4.89 Å². The maximum absolute atomic E-state index is 8.02. The van der Waals surface area contributed by atoms with Gasteiger partial charge in [0.2, 0.25) is 5.85 Å². The summed E-state index contributed by atoms with van der Waals surface area (Å²) < 4.78 is 0. The lowest BCUT2D eigenvalue weighted by Gasteiger charge is -2.20. The van der Waals surface area contributed by atoms with Crippen LogP contribution in [-0.2, 0) is 9.93 Å². The van der Waals surface area contributed by atoms with E-state index >= 15 is 0 Å². The number of hydrogen-bond donors (Lipinski definition) is 3. The van der Waals surface area contributed by atoms with E-state index in [-0.39, 0.29) is 0 Å². The molecule has 0 atom stereocenters. The second-order valence-electron chi connectivity index (χ2n) is 3.98. The van der Waals surface area contributed by atoms with Gasteiger partial charge < -0.3 is 0 Å². The van der Waals surface area contributed by atoms with Crippen molar-refractivity contribution in [3.8, 4) is 0 Å². The van der Waals surface area contributed by atoms with Gasteiger partial charge in [0.15, 0.2) is 0 Å². The summed E-state index contributed by atoms with van der Waals surface area (Å²) in [7, 11) is 0. The van der Waals surface area contributed by atoms with Gasteiger partial charge in [-0.3, -0.25) is 11.5 Å². The number of rotatable bonds is 10. The van der Waals surface area contributed by atoms with Gasteiger partial charge in [0.1, 0.15) is 0 Å². The first-order chi connectivity index (χ1) is 7.12. The van der Waals surface area contributed by atoms with Gasteiger partial charge in [-0.05, 0) is 6.42 Å². The molecule has 5 N–H and O–H groups in total. The molecule has 0 aromatic rings. The van der Waals surface area contributed by atoms with Crippen molar-refractivity contribution in [1.82, 2.24) is 0 Å². The molecule has 0 heterocycles. The first-order valence-electron chi connectivity index (χ1n) is 5.69. The van der Waals surface area contributed by atoms with Crippen LogP contribution in [0.1, 0.15) is 58.3 Å². The Labute approximate surface area is 91.6 Å². The first kappa shape index (κ1) is 14.8. The van der Waals surface area contributed by atoms with Crippen LogP contribution in [0.2, 0.25) is 0 Å². The van der Waals surface area contributed by atoms with Crippen molar-refractivity contribution in [2.45, 2.75) is 64.1 Å². The quantitative estimate of drug-likeness (QED) is 0.227. The lowest BCUT2D eigenvalue weighted by Crippen LogP contribution is -2.51. The van der Waals surface area contributed by atoms with E-state index in [0.717, 1.165) is 12.8 Å². The second-order valence-corrected chi connectivity index (χ2v) is 3.98. The van der Waals surface area contributed by atoms with E-state index in [1.165, 1.54) is 32.1 Å². The van der Waals surface area contributed by atoms with Gasteiger partial charge in [-0.15, -0.1) is 0 Å². The molecule has 0 rings (SSSR count). The highest BCUT2D eigenvalue weighted by Gasteiger charge is 2.20. The standard InChI is InChI=1S/C10H24N2O3/c1-2-3-4-5-6-7-8-9-10(11,12)14-15-13/h13H,2-9,11-12H2,1H3. The van der Waals surface area contributed by atoms with E-state index in [9.17, 15) is 0 Å². The first-order valence-corrected chi connectivity index (χ1v) is 5.69. The fourth-order valence-corrected chi connectivity index (χ4v) is 1.47. The average molecular weight is 220 g/mol. The minimum atomic E-state index is -1.38. The Balaban J connectivity index is 3.22. The maximum atomic E-state index is 8.02. The summed E-state index contributed by atoms with van der Waals surface area (Å²) in [4.78, 5) is 4.29. The topological polar surface area (TPSA) is 90.7 Å². The van der Waals surface area contributed by atoms with Gasteiger partial charge in [0.25, 0.3) is 0 Å². The molecule has 0 spiro atoms. The molecule has 0 fully saturated rings. The summed E-state index contributed by atoms with van der Waals surface area (Å²) >= 11 is 0. The fraction of sp³-hybridized carbons (Fsp3) is 1.00. The smallest absolute Gasteiger partial charge is 0.206 e. The Hall–Kier alpha value is -0.200. The molecule has 0 aliphatic rings. The van der Waals surface area contributed by atoms with Crippen molar-refractivity contribution in [3.05, 3.63) is 0 Å². The van der Waals surface area contributed by atoms with Crippen LogP contribution in [0.5, 0.6) is 0 Å². The summed E-state index contributed by atoms with van der Waals surface area (Å²) in [5.41, 5.74) is 10.9. The molecule has 0 bridgehead atoms. The van der Waals surface area contributed by atoms with Gasteiger partial charge in [-0.1, -0.05) is 50.5 Å². The fourth-order valence-electron chi connectivity index (χ4n) is 1.47. The van der Waals surface area contributed by atoms with Crippen LogP contribution in [-0.4, -0.2) is 11.1 Å². The zero-order valence-electron chi connectivity index (χ0n) is 9.58. The minimum absolute atomic E-state index is 0.474. The second kappa shape index (κ2) is 9.06. The Morgan fingerprint density at radius 3 is 2.07 bits per heavy atom. The summed E-state index contributed by atoms with van der Waals surface area (Å²) in [6.45, 7) is 2.20. The summed E-state index contributed by atoms with van der Waals surface area (Å²) in [6.07, 6.45) is 8.74. The van der Waals surface area contributed by atoms with Crippen LogP contribution < -0.4 is 11.5 Å². The molecule has 0 aliphatic heterocycles. The molecule has 92 valence electrons. The number of unbranched alkanes of at least 4 members (excludes halogenated alkanes) is 6. The van der Waals surface area contributed by atoms with Crippen LogP contribution in [0.3, 0.4) is 0 Å². The Bertz CT molecular complexity index is 143. The predicted molar refractivity (Wildman–Crippen MR) is 58.5 cm³/mol. The third kappa shape index (κ3) is 10.1. The summed E-state index contributed by atoms with van der Waals surface area (Å²) in [5.74, 6) is -1.38. The molecule has 0 aromatic heterocycles. The third-order valence-corrected chi connectivity index (χ3v) is 2.36. The highest BCUT2D eigenvalue weighted by molar-refractivity contribution is 4.62. The van der Waals surface area contributed by atoms with E-state index in [1.807, 2.05) is 0 Å². The van der Waals surface area contributed by atoms with E-state index in [0.29, 0.717) is 6.42 Å². The molecule has 0 radical (unpaired) electrons. The largest absolute Gasteiger partial charge is 0.288 e. The van der Waals surface area contributed by atoms with Crippen LogP contribution in [0.15, 0.2) is 0 Å². The highest BCUT2D eigenvalue weighted by atomic mass is 17.5. The van der Waals surface area contributed by atoms with E-state index in [2.05, 4.69) is 16.8 Å². The number of hydrogen-bond acceptors (Lipinski definition) is 5. The Morgan fingerprint density at radius 2 is 1.53 bits per heavy atom. The monoisotopic (exact) mass is 220 g/mol. The molecule has 5 nitrogen and oxygen atoms in total. The van der Waals surface area contributed by atoms with Crippen LogP contribution in [0.4, 0.5) is 0 Å². The van der Waals surface area contributed by atoms with Gasteiger partial charge >= 0.3 is 0 Å². The molecule has 0 aliphatic carbocycles. The molecule has 15 heavy (non-hydrogen) atoms. The molecule has 0 amide bonds. The van der Waals surface area contributed by atoms with Crippen LogP contribution >= 0.6 is 0 Å². The maximum Gasteiger partial charge on any atom is 0.206 e. The third-order valence-electron chi connectivity index (χ3n) is 2.36. The van der Waals surface area contributed by atoms with Crippen molar-refractivity contribution in [3.63, 3.8) is 0 Å². The van der Waals surface area contributed by atoms with Gasteiger partial charge in [0, 0.05) is 6.42 Å². The van der Waals surface area contributed by atoms with Gasteiger partial charge in [-0.25, -0.2) is 5.26 Å². The SMILES string of the molecule is CCCCCCCCCC(N)(N)OOO. The Morgan fingerprint density at radius 1 is 1.00 bits per heavy atom. The van der Waals surface area contributed by atoms with Gasteiger partial charge in [0.05, 0.1) is 0 Å². The molecular formula is C10H24N2O3. The zero-order chi connectivity index (χ0) is 11.6.